The van der Waals surface area contributed by atoms with E-state index >= 15 is 0 Å². The first-order chi connectivity index (χ1) is 8.84. The van der Waals surface area contributed by atoms with Crippen LogP contribution in [0.5, 0.6) is 5.75 Å². The molecular weight excluding hydrogens is 260 g/mol. The topological polar surface area (TPSA) is 33.3 Å². The molecule has 4 heteroatoms. The van der Waals surface area contributed by atoms with Gasteiger partial charge in [0, 0.05) is 6.54 Å². The number of benzene rings is 1. The van der Waals surface area contributed by atoms with Crippen molar-refractivity contribution in [1.82, 2.24) is 10.6 Å². The van der Waals surface area contributed by atoms with E-state index in [1.54, 1.807) is 0 Å². The molecule has 0 saturated carbocycles. The standard InChI is InChI=1S/C15H24N2O.ClH/c1-13-3-2-4-15(11-13)18-10-9-17-12-14-5-7-16-8-6-14;/h2-4,11,14,16-17H,5-10,12H2,1H3;1H. The van der Waals surface area contributed by atoms with Gasteiger partial charge in [-0.15, -0.1) is 12.4 Å². The molecule has 1 fully saturated rings. The molecule has 1 aliphatic rings. The Morgan fingerprint density at radius 3 is 2.84 bits per heavy atom. The summed E-state index contributed by atoms with van der Waals surface area (Å²) in [4.78, 5) is 0. The monoisotopic (exact) mass is 284 g/mol. The molecular formula is C15H25ClN2O. The Kier molecular flexibility index (Phi) is 7.87. The van der Waals surface area contributed by atoms with Gasteiger partial charge in [-0.2, -0.15) is 0 Å². The summed E-state index contributed by atoms with van der Waals surface area (Å²) in [6.07, 6.45) is 2.59. The largest absolute Gasteiger partial charge is 0.492 e. The second-order valence-corrected chi connectivity index (χ2v) is 5.06. The number of piperidine rings is 1. The van der Waals surface area contributed by atoms with Crippen LogP contribution in [0.4, 0.5) is 0 Å². The predicted octanol–water partition coefficient (Wildman–Crippen LogP) is 2.38. The van der Waals surface area contributed by atoms with Crippen molar-refractivity contribution < 1.29 is 4.74 Å². The molecule has 0 bridgehead atoms. The lowest BCUT2D eigenvalue weighted by Crippen LogP contribution is -2.34. The molecule has 1 heterocycles. The molecule has 1 aliphatic heterocycles. The third kappa shape index (κ3) is 6.28. The van der Waals surface area contributed by atoms with Crippen LogP contribution in [-0.2, 0) is 0 Å². The van der Waals surface area contributed by atoms with E-state index in [0.29, 0.717) is 0 Å². The Labute approximate surface area is 122 Å². The lowest BCUT2D eigenvalue weighted by Gasteiger charge is -2.22. The molecule has 0 spiro atoms. The zero-order valence-corrected chi connectivity index (χ0v) is 12.5. The molecule has 0 aliphatic carbocycles. The first-order valence-electron chi connectivity index (χ1n) is 6.95. The third-order valence-electron chi connectivity index (χ3n) is 3.43. The number of rotatable bonds is 6. The van der Waals surface area contributed by atoms with E-state index in [0.717, 1.165) is 31.4 Å². The Morgan fingerprint density at radius 1 is 1.32 bits per heavy atom. The number of hydrogen-bond donors (Lipinski definition) is 2. The maximum Gasteiger partial charge on any atom is 0.119 e. The highest BCUT2D eigenvalue weighted by molar-refractivity contribution is 5.85. The number of aryl methyl sites for hydroxylation is 1. The summed E-state index contributed by atoms with van der Waals surface area (Å²) in [6.45, 7) is 7.23. The van der Waals surface area contributed by atoms with Crippen LogP contribution in [0.3, 0.4) is 0 Å². The lowest BCUT2D eigenvalue weighted by atomic mass is 9.98. The molecule has 0 amide bonds. The minimum absolute atomic E-state index is 0. The predicted molar refractivity (Wildman–Crippen MR) is 82.4 cm³/mol. The van der Waals surface area contributed by atoms with Gasteiger partial charge in [0.2, 0.25) is 0 Å². The van der Waals surface area contributed by atoms with Crippen LogP contribution in [0.25, 0.3) is 0 Å². The van der Waals surface area contributed by atoms with Crippen molar-refractivity contribution in [2.75, 3.05) is 32.8 Å². The zero-order chi connectivity index (χ0) is 12.6. The van der Waals surface area contributed by atoms with Crippen LogP contribution in [0.1, 0.15) is 18.4 Å². The summed E-state index contributed by atoms with van der Waals surface area (Å²) in [7, 11) is 0. The summed E-state index contributed by atoms with van der Waals surface area (Å²) in [5.74, 6) is 1.81. The molecule has 1 aromatic rings. The van der Waals surface area contributed by atoms with Gasteiger partial charge in [0.05, 0.1) is 0 Å². The van der Waals surface area contributed by atoms with Crippen LogP contribution in [-0.4, -0.2) is 32.8 Å². The van der Waals surface area contributed by atoms with E-state index in [9.17, 15) is 0 Å². The number of nitrogens with one attached hydrogen (secondary N) is 2. The number of halogens is 1. The Bertz CT molecular complexity index is 354. The minimum Gasteiger partial charge on any atom is -0.492 e. The van der Waals surface area contributed by atoms with E-state index in [4.69, 9.17) is 4.74 Å². The van der Waals surface area contributed by atoms with Gasteiger partial charge in [0.1, 0.15) is 12.4 Å². The quantitative estimate of drug-likeness (QED) is 0.787. The highest BCUT2D eigenvalue weighted by Crippen LogP contribution is 2.12. The van der Waals surface area contributed by atoms with E-state index in [1.807, 2.05) is 12.1 Å². The van der Waals surface area contributed by atoms with Crippen LogP contribution < -0.4 is 15.4 Å². The molecule has 1 saturated heterocycles. The maximum atomic E-state index is 5.70. The van der Waals surface area contributed by atoms with Gasteiger partial charge in [-0.1, -0.05) is 12.1 Å². The normalized spacial score (nSPS) is 15.8. The van der Waals surface area contributed by atoms with Gasteiger partial charge in [-0.25, -0.2) is 0 Å². The minimum atomic E-state index is 0. The van der Waals surface area contributed by atoms with E-state index in [1.165, 1.54) is 31.5 Å². The Balaban J connectivity index is 0.00000180. The first-order valence-corrected chi connectivity index (χ1v) is 6.95. The summed E-state index contributed by atoms with van der Waals surface area (Å²) >= 11 is 0. The smallest absolute Gasteiger partial charge is 0.119 e. The van der Waals surface area contributed by atoms with Crippen LogP contribution in [0.15, 0.2) is 24.3 Å². The number of hydrogen-bond acceptors (Lipinski definition) is 3. The van der Waals surface area contributed by atoms with Gasteiger partial charge < -0.3 is 15.4 Å². The fraction of sp³-hybridized carbons (Fsp3) is 0.600. The summed E-state index contributed by atoms with van der Waals surface area (Å²) in [5.41, 5.74) is 1.25. The maximum absolute atomic E-state index is 5.70. The van der Waals surface area contributed by atoms with E-state index in [-0.39, 0.29) is 12.4 Å². The van der Waals surface area contributed by atoms with Gasteiger partial charge in [-0.05, 0) is 63.0 Å². The fourth-order valence-corrected chi connectivity index (χ4v) is 2.34. The molecule has 0 aromatic heterocycles. The Hall–Kier alpha value is -0.770. The molecule has 2 N–H and O–H groups in total. The van der Waals surface area contributed by atoms with E-state index < -0.39 is 0 Å². The summed E-state index contributed by atoms with van der Waals surface area (Å²) in [6, 6.07) is 8.21. The first kappa shape index (κ1) is 16.3. The highest BCUT2D eigenvalue weighted by Gasteiger charge is 2.11. The van der Waals surface area contributed by atoms with Crippen molar-refractivity contribution >= 4 is 12.4 Å². The van der Waals surface area contributed by atoms with Gasteiger partial charge in [-0.3, -0.25) is 0 Å². The van der Waals surface area contributed by atoms with Crippen LogP contribution in [0.2, 0.25) is 0 Å². The van der Waals surface area contributed by atoms with Crippen LogP contribution >= 0.6 is 12.4 Å². The second-order valence-electron chi connectivity index (χ2n) is 5.06. The van der Waals surface area contributed by atoms with Crippen LogP contribution in [0, 0.1) is 12.8 Å². The molecule has 108 valence electrons. The van der Waals surface area contributed by atoms with Crippen molar-refractivity contribution in [1.29, 1.82) is 0 Å². The molecule has 1 aromatic carbocycles. The van der Waals surface area contributed by atoms with Crippen molar-refractivity contribution in [2.24, 2.45) is 5.92 Å². The van der Waals surface area contributed by atoms with Crippen molar-refractivity contribution in [3.63, 3.8) is 0 Å². The van der Waals surface area contributed by atoms with Gasteiger partial charge >= 0.3 is 0 Å². The number of ether oxygens (including phenoxy) is 1. The average molecular weight is 285 g/mol. The third-order valence-corrected chi connectivity index (χ3v) is 3.43. The van der Waals surface area contributed by atoms with Crippen molar-refractivity contribution in [3.8, 4) is 5.75 Å². The van der Waals surface area contributed by atoms with E-state index in [2.05, 4.69) is 29.7 Å². The zero-order valence-electron chi connectivity index (χ0n) is 11.7. The molecule has 2 rings (SSSR count). The molecule has 0 unspecified atom stereocenters. The molecule has 0 radical (unpaired) electrons. The van der Waals surface area contributed by atoms with Crippen molar-refractivity contribution in [2.45, 2.75) is 19.8 Å². The molecule has 19 heavy (non-hydrogen) atoms. The van der Waals surface area contributed by atoms with Crippen molar-refractivity contribution in [3.05, 3.63) is 29.8 Å². The van der Waals surface area contributed by atoms with Gasteiger partial charge in [0.15, 0.2) is 0 Å². The second kappa shape index (κ2) is 9.18. The highest BCUT2D eigenvalue weighted by atomic mass is 35.5. The molecule has 3 nitrogen and oxygen atoms in total. The molecule has 0 atom stereocenters. The SMILES string of the molecule is Cc1cccc(OCCNCC2CCNCC2)c1.Cl. The lowest BCUT2D eigenvalue weighted by molar-refractivity contribution is 0.298. The average Bonchev–Trinajstić information content (AvgIpc) is 2.40. The Morgan fingerprint density at radius 2 is 2.11 bits per heavy atom. The van der Waals surface area contributed by atoms with Gasteiger partial charge in [0.25, 0.3) is 0 Å². The summed E-state index contributed by atoms with van der Waals surface area (Å²) < 4.78 is 5.70. The summed E-state index contributed by atoms with van der Waals surface area (Å²) in [5, 5.41) is 6.88. The fourth-order valence-electron chi connectivity index (χ4n) is 2.34.